The van der Waals surface area contributed by atoms with Gasteiger partial charge in [0.15, 0.2) is 0 Å². The Bertz CT molecular complexity index is 1270. The van der Waals surface area contributed by atoms with E-state index in [-0.39, 0.29) is 11.2 Å². The fourth-order valence-electron chi connectivity index (χ4n) is 3.52. The number of carboxylic acids is 1. The van der Waals surface area contributed by atoms with Gasteiger partial charge < -0.3 is 10.4 Å². The highest BCUT2D eigenvalue weighted by Gasteiger charge is 2.21. The second-order valence-corrected chi connectivity index (χ2v) is 7.16. The van der Waals surface area contributed by atoms with Crippen LogP contribution < -0.4 is 10.9 Å². The highest BCUT2D eigenvalue weighted by Crippen LogP contribution is 2.29. The van der Waals surface area contributed by atoms with Crippen LogP contribution in [0.5, 0.6) is 0 Å². The summed E-state index contributed by atoms with van der Waals surface area (Å²) < 4.78 is 1.66. The summed E-state index contributed by atoms with van der Waals surface area (Å²) >= 11 is 0. The average molecular weight is 389 g/mol. The summed E-state index contributed by atoms with van der Waals surface area (Å²) in [6.07, 6.45) is 2.77. The van der Waals surface area contributed by atoms with Crippen molar-refractivity contribution in [2.45, 2.75) is 26.8 Å². The van der Waals surface area contributed by atoms with Gasteiger partial charge in [-0.2, -0.15) is 0 Å². The SMILES string of the molecule is Cc1ccc(C)c(C=C2CCn3c2nc2cc(NC(=O)C(=O)O)ccc2c3=O)c1. The van der Waals surface area contributed by atoms with E-state index >= 15 is 0 Å². The lowest BCUT2D eigenvalue weighted by atomic mass is 10.0. The van der Waals surface area contributed by atoms with Gasteiger partial charge in [-0.15, -0.1) is 0 Å². The molecule has 29 heavy (non-hydrogen) atoms. The van der Waals surface area contributed by atoms with Crippen LogP contribution in [0.25, 0.3) is 22.6 Å². The third-order valence-corrected chi connectivity index (χ3v) is 5.06. The number of carbonyl (C=O) groups is 2. The monoisotopic (exact) mass is 389 g/mol. The molecule has 0 radical (unpaired) electrons. The number of amides is 1. The van der Waals surface area contributed by atoms with Gasteiger partial charge in [-0.05, 0) is 61.2 Å². The maximum absolute atomic E-state index is 12.9. The fourth-order valence-corrected chi connectivity index (χ4v) is 3.52. The number of anilines is 1. The van der Waals surface area contributed by atoms with Gasteiger partial charge in [0.2, 0.25) is 0 Å². The summed E-state index contributed by atoms with van der Waals surface area (Å²) in [7, 11) is 0. The molecule has 4 rings (SSSR count). The van der Waals surface area contributed by atoms with Gasteiger partial charge >= 0.3 is 11.9 Å². The Morgan fingerprint density at radius 3 is 2.72 bits per heavy atom. The van der Waals surface area contributed by atoms with E-state index in [4.69, 9.17) is 5.11 Å². The van der Waals surface area contributed by atoms with Gasteiger partial charge in [-0.1, -0.05) is 23.8 Å². The molecule has 0 saturated heterocycles. The van der Waals surface area contributed by atoms with Crippen molar-refractivity contribution in [3.8, 4) is 0 Å². The topological polar surface area (TPSA) is 101 Å². The number of aliphatic carboxylic acids is 1. The minimum absolute atomic E-state index is 0.148. The second kappa shape index (κ2) is 7.01. The van der Waals surface area contributed by atoms with Crippen LogP contribution in [0.15, 0.2) is 41.2 Å². The number of benzene rings is 2. The highest BCUT2D eigenvalue weighted by molar-refractivity contribution is 6.36. The lowest BCUT2D eigenvalue weighted by Gasteiger charge is -2.08. The summed E-state index contributed by atoms with van der Waals surface area (Å²) in [5, 5.41) is 11.5. The fraction of sp³-hybridized carbons (Fsp3) is 0.182. The average Bonchev–Trinajstić information content (AvgIpc) is 3.07. The maximum atomic E-state index is 12.9. The molecule has 2 heterocycles. The van der Waals surface area contributed by atoms with E-state index in [1.54, 1.807) is 10.6 Å². The van der Waals surface area contributed by atoms with Crippen molar-refractivity contribution in [1.29, 1.82) is 0 Å². The van der Waals surface area contributed by atoms with Crippen LogP contribution in [0, 0.1) is 13.8 Å². The van der Waals surface area contributed by atoms with E-state index < -0.39 is 11.9 Å². The molecule has 0 atom stereocenters. The maximum Gasteiger partial charge on any atom is 0.394 e. The molecular weight excluding hydrogens is 370 g/mol. The molecular formula is C22H19N3O4. The molecule has 1 aliphatic heterocycles. The minimum Gasteiger partial charge on any atom is -0.474 e. The van der Waals surface area contributed by atoms with E-state index in [9.17, 15) is 14.4 Å². The number of aromatic nitrogens is 2. The normalized spacial score (nSPS) is 14.2. The van der Waals surface area contributed by atoms with Crippen LogP contribution in [-0.2, 0) is 16.1 Å². The van der Waals surface area contributed by atoms with E-state index in [2.05, 4.69) is 34.6 Å². The summed E-state index contributed by atoms with van der Waals surface area (Å²) in [6.45, 7) is 4.64. The number of fused-ring (bicyclic) bond motifs is 2. The highest BCUT2D eigenvalue weighted by atomic mass is 16.4. The van der Waals surface area contributed by atoms with Crippen LogP contribution >= 0.6 is 0 Å². The summed E-state index contributed by atoms with van der Waals surface area (Å²) in [5.74, 6) is -2.12. The molecule has 0 fully saturated rings. The van der Waals surface area contributed by atoms with E-state index in [1.807, 2.05) is 13.8 Å². The van der Waals surface area contributed by atoms with Crippen molar-refractivity contribution in [3.63, 3.8) is 0 Å². The number of nitrogens with one attached hydrogen (secondary N) is 1. The molecule has 0 saturated carbocycles. The zero-order valence-electron chi connectivity index (χ0n) is 16.0. The third-order valence-electron chi connectivity index (χ3n) is 5.06. The lowest BCUT2D eigenvalue weighted by molar-refractivity contribution is -0.147. The van der Waals surface area contributed by atoms with Gasteiger partial charge in [0, 0.05) is 12.2 Å². The second-order valence-electron chi connectivity index (χ2n) is 7.16. The van der Waals surface area contributed by atoms with E-state index in [1.165, 1.54) is 12.1 Å². The van der Waals surface area contributed by atoms with Crippen LogP contribution in [-0.4, -0.2) is 26.5 Å². The summed E-state index contributed by atoms with van der Waals surface area (Å²) in [4.78, 5) is 39.7. The molecule has 146 valence electrons. The molecule has 0 aliphatic carbocycles. The van der Waals surface area contributed by atoms with Crippen molar-refractivity contribution in [3.05, 3.63) is 69.3 Å². The Morgan fingerprint density at radius 2 is 1.97 bits per heavy atom. The smallest absolute Gasteiger partial charge is 0.394 e. The summed E-state index contributed by atoms with van der Waals surface area (Å²) in [6, 6.07) is 10.8. The molecule has 1 aliphatic rings. The van der Waals surface area contributed by atoms with Crippen molar-refractivity contribution in [2.75, 3.05) is 5.32 Å². The first kappa shape index (κ1) is 18.6. The molecule has 0 spiro atoms. The zero-order chi connectivity index (χ0) is 20.7. The van der Waals surface area contributed by atoms with Crippen molar-refractivity contribution >= 4 is 40.1 Å². The van der Waals surface area contributed by atoms with Crippen molar-refractivity contribution in [1.82, 2.24) is 9.55 Å². The quantitative estimate of drug-likeness (QED) is 0.656. The van der Waals surface area contributed by atoms with Crippen LogP contribution in [0.4, 0.5) is 5.69 Å². The van der Waals surface area contributed by atoms with Crippen LogP contribution in [0.3, 0.4) is 0 Å². The molecule has 2 N–H and O–H groups in total. The molecule has 0 unspecified atom stereocenters. The number of nitrogens with zero attached hydrogens (tertiary/aromatic N) is 2. The van der Waals surface area contributed by atoms with Crippen LogP contribution in [0.2, 0.25) is 0 Å². The van der Waals surface area contributed by atoms with E-state index in [0.717, 1.165) is 22.3 Å². The predicted octanol–water partition coefficient (Wildman–Crippen LogP) is 2.98. The molecule has 3 aromatic rings. The molecule has 0 bridgehead atoms. The summed E-state index contributed by atoms with van der Waals surface area (Å²) in [5.41, 5.74) is 4.90. The zero-order valence-corrected chi connectivity index (χ0v) is 16.0. The van der Waals surface area contributed by atoms with E-state index in [0.29, 0.717) is 29.7 Å². The Kier molecular flexibility index (Phi) is 4.50. The largest absolute Gasteiger partial charge is 0.474 e. The first-order valence-corrected chi connectivity index (χ1v) is 9.20. The Hall–Kier alpha value is -3.74. The molecule has 2 aromatic carbocycles. The third kappa shape index (κ3) is 3.42. The van der Waals surface area contributed by atoms with Gasteiger partial charge in [-0.3, -0.25) is 14.2 Å². The lowest BCUT2D eigenvalue weighted by Crippen LogP contribution is -2.23. The molecule has 7 nitrogen and oxygen atoms in total. The number of hydrogen-bond donors (Lipinski definition) is 2. The van der Waals surface area contributed by atoms with Gasteiger partial charge in [-0.25, -0.2) is 9.78 Å². The number of carbonyl (C=O) groups excluding carboxylic acids is 1. The van der Waals surface area contributed by atoms with Gasteiger partial charge in [0.25, 0.3) is 5.56 Å². The van der Waals surface area contributed by atoms with Gasteiger partial charge in [0.1, 0.15) is 5.82 Å². The van der Waals surface area contributed by atoms with Crippen molar-refractivity contribution < 1.29 is 14.7 Å². The number of rotatable bonds is 2. The molecule has 7 heteroatoms. The Balaban J connectivity index is 1.82. The first-order valence-electron chi connectivity index (χ1n) is 9.20. The molecule has 1 aromatic heterocycles. The number of aryl methyl sites for hydroxylation is 2. The number of carboxylic acid groups (broad SMARTS) is 1. The predicted molar refractivity (Wildman–Crippen MR) is 111 cm³/mol. The van der Waals surface area contributed by atoms with Gasteiger partial charge in [0.05, 0.1) is 10.9 Å². The minimum atomic E-state index is -1.58. The number of allylic oxidation sites excluding steroid dienone is 1. The number of hydrogen-bond acceptors (Lipinski definition) is 4. The standard InChI is InChI=1S/C22H19N3O4/c1-12-3-4-13(2)15(9-12)10-14-7-8-25-19(14)24-18-11-16(23-20(26)22(28)29)5-6-17(18)21(25)27/h3-6,9-11H,7-8H2,1-2H3,(H,23,26)(H,28,29). The Morgan fingerprint density at radius 1 is 1.17 bits per heavy atom. The van der Waals surface area contributed by atoms with Crippen molar-refractivity contribution in [2.24, 2.45) is 0 Å². The Labute approximate surface area is 166 Å². The molecule has 1 amide bonds. The first-order chi connectivity index (χ1) is 13.8. The van der Waals surface area contributed by atoms with Crippen LogP contribution in [0.1, 0.15) is 28.9 Å².